The molecule has 0 bridgehead atoms. The van der Waals surface area contributed by atoms with Gasteiger partial charge in [-0.25, -0.2) is 21.1 Å². The predicted octanol–water partition coefficient (Wildman–Crippen LogP) is 1.73. The highest BCUT2D eigenvalue weighted by Gasteiger charge is 2.39. The molecular weight excluding hydrogens is 360 g/mol. The van der Waals surface area contributed by atoms with Gasteiger partial charge in [0.25, 0.3) is 0 Å². The van der Waals surface area contributed by atoms with Gasteiger partial charge in [0, 0.05) is 38.6 Å². The van der Waals surface area contributed by atoms with E-state index in [9.17, 15) is 16.8 Å². The zero-order valence-electron chi connectivity index (χ0n) is 14.8. The van der Waals surface area contributed by atoms with Crippen LogP contribution in [0, 0.1) is 5.92 Å². The first-order chi connectivity index (χ1) is 11.7. The molecular formula is C17H26N2O4S2. The Morgan fingerprint density at radius 1 is 1.00 bits per heavy atom. The van der Waals surface area contributed by atoms with Gasteiger partial charge in [0.05, 0.1) is 10.1 Å². The average molecular weight is 387 g/mol. The van der Waals surface area contributed by atoms with Gasteiger partial charge >= 0.3 is 0 Å². The van der Waals surface area contributed by atoms with E-state index in [1.165, 1.54) is 6.26 Å². The van der Waals surface area contributed by atoms with Crippen molar-refractivity contribution < 1.29 is 16.8 Å². The molecule has 1 aromatic rings. The van der Waals surface area contributed by atoms with Gasteiger partial charge in [-0.15, -0.1) is 0 Å². The molecule has 1 saturated heterocycles. The smallest absolute Gasteiger partial charge is 0.216 e. The van der Waals surface area contributed by atoms with E-state index in [0.29, 0.717) is 17.4 Å². The van der Waals surface area contributed by atoms with Crippen LogP contribution in [0.25, 0.3) is 0 Å². The highest BCUT2D eigenvalue weighted by atomic mass is 32.2. The largest absolute Gasteiger partial charge is 0.372 e. The molecule has 0 unspecified atom stereocenters. The number of sulfonamides is 1. The van der Waals surface area contributed by atoms with Gasteiger partial charge in [-0.2, -0.15) is 0 Å². The zero-order chi connectivity index (χ0) is 18.2. The van der Waals surface area contributed by atoms with E-state index in [-0.39, 0.29) is 5.25 Å². The third kappa shape index (κ3) is 4.35. The normalized spacial score (nSPS) is 20.2. The maximum absolute atomic E-state index is 12.2. The fourth-order valence-electron chi connectivity index (χ4n) is 3.37. The van der Waals surface area contributed by atoms with Crippen LogP contribution in [-0.2, 0) is 19.9 Å². The van der Waals surface area contributed by atoms with E-state index in [1.807, 2.05) is 12.1 Å². The van der Waals surface area contributed by atoms with E-state index < -0.39 is 19.9 Å². The Balaban J connectivity index is 1.55. The minimum Gasteiger partial charge on any atom is -0.372 e. The summed E-state index contributed by atoms with van der Waals surface area (Å²) in [6.45, 7) is 2.32. The summed E-state index contributed by atoms with van der Waals surface area (Å²) >= 11 is 0. The van der Waals surface area contributed by atoms with Crippen molar-refractivity contribution in [3.05, 3.63) is 24.3 Å². The van der Waals surface area contributed by atoms with Gasteiger partial charge < -0.3 is 4.90 Å². The summed E-state index contributed by atoms with van der Waals surface area (Å²) in [7, 11) is -4.56. The fourth-order valence-corrected chi connectivity index (χ4v) is 5.66. The number of hydrogen-bond donors (Lipinski definition) is 0. The maximum atomic E-state index is 12.2. The molecule has 1 aromatic carbocycles. The Hall–Kier alpha value is -1.12. The second-order valence-electron chi connectivity index (χ2n) is 7.22. The number of rotatable bonds is 6. The molecule has 1 saturated carbocycles. The topological polar surface area (TPSA) is 74.8 Å². The van der Waals surface area contributed by atoms with Crippen molar-refractivity contribution in [1.29, 1.82) is 0 Å². The molecule has 0 atom stereocenters. The molecule has 6 nitrogen and oxygen atoms in total. The van der Waals surface area contributed by atoms with Crippen molar-refractivity contribution in [2.45, 2.75) is 35.8 Å². The Bertz CT molecular complexity index is 807. The molecule has 0 amide bonds. The molecule has 140 valence electrons. The van der Waals surface area contributed by atoms with Gasteiger partial charge in [-0.05, 0) is 55.9 Å². The molecule has 0 aromatic heterocycles. The lowest BCUT2D eigenvalue weighted by atomic mass is 9.96. The summed E-state index contributed by atoms with van der Waals surface area (Å²) in [6, 6.07) is 6.99. The Morgan fingerprint density at radius 3 is 2.04 bits per heavy atom. The minimum atomic E-state index is -3.17. The molecule has 2 fully saturated rings. The highest BCUT2D eigenvalue weighted by Crippen LogP contribution is 2.32. The second-order valence-corrected chi connectivity index (χ2v) is 11.6. The summed E-state index contributed by atoms with van der Waals surface area (Å²) in [5.41, 5.74) is 1.02. The van der Waals surface area contributed by atoms with Crippen LogP contribution in [0.1, 0.15) is 25.7 Å². The van der Waals surface area contributed by atoms with Crippen LogP contribution >= 0.6 is 0 Å². The third-order valence-corrected chi connectivity index (χ3v) is 8.60. The van der Waals surface area contributed by atoms with Crippen LogP contribution in [0.2, 0.25) is 0 Å². The number of piperidine rings is 1. The SMILES string of the molecule is CN(CC1CCN(c2ccc(S(C)(=O)=O)cc2)CC1)S(=O)(=O)C1CC1. The van der Waals surface area contributed by atoms with E-state index in [2.05, 4.69) is 4.90 Å². The molecule has 1 aliphatic heterocycles. The molecule has 8 heteroatoms. The van der Waals surface area contributed by atoms with Gasteiger partial charge in [-0.3, -0.25) is 0 Å². The number of benzene rings is 1. The van der Waals surface area contributed by atoms with Crippen molar-refractivity contribution in [3.8, 4) is 0 Å². The third-order valence-electron chi connectivity index (χ3n) is 5.14. The lowest BCUT2D eigenvalue weighted by Crippen LogP contribution is -2.40. The zero-order valence-corrected chi connectivity index (χ0v) is 16.4. The van der Waals surface area contributed by atoms with Crippen molar-refractivity contribution in [3.63, 3.8) is 0 Å². The van der Waals surface area contributed by atoms with Crippen LogP contribution < -0.4 is 4.90 Å². The molecule has 25 heavy (non-hydrogen) atoms. The number of sulfone groups is 1. The molecule has 1 heterocycles. The van der Waals surface area contributed by atoms with Crippen LogP contribution in [0.15, 0.2) is 29.2 Å². The van der Waals surface area contributed by atoms with E-state index in [0.717, 1.165) is 44.5 Å². The summed E-state index contributed by atoms with van der Waals surface area (Å²) in [6.07, 6.45) is 4.69. The molecule has 2 aliphatic rings. The van der Waals surface area contributed by atoms with Crippen molar-refractivity contribution in [2.24, 2.45) is 5.92 Å². The van der Waals surface area contributed by atoms with Crippen LogP contribution in [0.4, 0.5) is 5.69 Å². The minimum absolute atomic E-state index is 0.147. The second kappa shape index (κ2) is 6.89. The van der Waals surface area contributed by atoms with Crippen LogP contribution in [0.3, 0.4) is 0 Å². The molecule has 1 aliphatic carbocycles. The fraction of sp³-hybridized carbons (Fsp3) is 0.647. The van der Waals surface area contributed by atoms with E-state index >= 15 is 0 Å². The summed E-state index contributed by atoms with van der Waals surface area (Å²) < 4.78 is 49.1. The number of anilines is 1. The predicted molar refractivity (Wildman–Crippen MR) is 99.1 cm³/mol. The lowest BCUT2D eigenvalue weighted by molar-refractivity contribution is 0.328. The molecule has 3 rings (SSSR count). The van der Waals surface area contributed by atoms with Crippen molar-refractivity contribution in [2.75, 3.05) is 37.8 Å². The molecule has 0 N–H and O–H groups in total. The molecule has 0 radical (unpaired) electrons. The van der Waals surface area contributed by atoms with Gasteiger partial charge in [0.1, 0.15) is 0 Å². The highest BCUT2D eigenvalue weighted by molar-refractivity contribution is 7.90. The van der Waals surface area contributed by atoms with E-state index in [4.69, 9.17) is 0 Å². The number of nitrogens with zero attached hydrogens (tertiary/aromatic N) is 2. The Morgan fingerprint density at radius 2 is 1.56 bits per heavy atom. The monoisotopic (exact) mass is 386 g/mol. The first-order valence-electron chi connectivity index (χ1n) is 8.68. The lowest BCUT2D eigenvalue weighted by Gasteiger charge is -2.35. The Kier molecular flexibility index (Phi) is 5.14. The van der Waals surface area contributed by atoms with Crippen LogP contribution in [0.5, 0.6) is 0 Å². The average Bonchev–Trinajstić information content (AvgIpc) is 3.40. The Labute approximate surface area is 150 Å². The number of hydrogen-bond acceptors (Lipinski definition) is 5. The maximum Gasteiger partial charge on any atom is 0.216 e. The summed E-state index contributed by atoms with van der Waals surface area (Å²) in [5.74, 6) is 0.380. The standard InChI is InChI=1S/C17H26N2O4S2/c1-18(25(22,23)17-7-8-17)13-14-9-11-19(12-10-14)15-3-5-16(6-4-15)24(2,20)21/h3-6,14,17H,7-13H2,1-2H3. The first-order valence-corrected chi connectivity index (χ1v) is 12.1. The van der Waals surface area contributed by atoms with Gasteiger partial charge in [0.15, 0.2) is 9.84 Å². The first kappa shape index (κ1) is 18.7. The van der Waals surface area contributed by atoms with Crippen LogP contribution in [-0.4, -0.2) is 59.3 Å². The summed E-state index contributed by atoms with van der Waals surface area (Å²) in [4.78, 5) is 2.57. The van der Waals surface area contributed by atoms with Gasteiger partial charge in [-0.1, -0.05) is 0 Å². The van der Waals surface area contributed by atoms with Crippen molar-refractivity contribution in [1.82, 2.24) is 4.31 Å². The van der Waals surface area contributed by atoms with Gasteiger partial charge in [0.2, 0.25) is 10.0 Å². The quantitative estimate of drug-likeness (QED) is 0.744. The van der Waals surface area contributed by atoms with E-state index in [1.54, 1.807) is 23.5 Å². The summed E-state index contributed by atoms with van der Waals surface area (Å²) in [5, 5.41) is -0.147. The molecule has 0 spiro atoms. The van der Waals surface area contributed by atoms with Crippen molar-refractivity contribution >= 4 is 25.5 Å².